The Balaban J connectivity index is 2.86. The van der Waals surface area contributed by atoms with Crippen molar-refractivity contribution in [2.75, 3.05) is 0 Å². The predicted molar refractivity (Wildman–Crippen MR) is 48.3 cm³/mol. The molecule has 1 aromatic carbocycles. The monoisotopic (exact) mass is 155 g/mol. The predicted octanol–water partition coefficient (Wildman–Crippen LogP) is 2.26. The fourth-order valence-corrected chi connectivity index (χ4v) is 0.892. The van der Waals surface area contributed by atoms with Crippen LogP contribution in [0.5, 0.6) is 0 Å². The van der Waals surface area contributed by atoms with Gasteiger partial charge < -0.3 is 0 Å². The molecule has 0 aromatic heterocycles. The van der Waals surface area contributed by atoms with Crippen molar-refractivity contribution in [2.45, 2.75) is 13.3 Å². The van der Waals surface area contributed by atoms with Gasteiger partial charge in [-0.25, -0.2) is 0 Å². The fraction of sp³-hybridized carbons (Fsp3) is 0.182. The summed E-state index contributed by atoms with van der Waals surface area (Å²) >= 11 is 0. The van der Waals surface area contributed by atoms with Crippen molar-refractivity contribution in [2.24, 2.45) is 0 Å². The van der Waals surface area contributed by atoms with Crippen molar-refractivity contribution in [1.82, 2.24) is 0 Å². The van der Waals surface area contributed by atoms with E-state index in [4.69, 9.17) is 5.26 Å². The first-order valence-electron chi connectivity index (χ1n) is 3.76. The standard InChI is InChI=1S/C11H9N/c1-10-6-2-3-7-11(10)8-4-5-9-12/h2-3,6-7H,5H2,1H3. The van der Waals surface area contributed by atoms with E-state index >= 15 is 0 Å². The Bertz CT molecular complexity index is 361. The van der Waals surface area contributed by atoms with Gasteiger partial charge in [0.1, 0.15) is 0 Å². The summed E-state index contributed by atoms with van der Waals surface area (Å²) in [7, 11) is 0. The van der Waals surface area contributed by atoms with Crippen molar-refractivity contribution in [3.63, 3.8) is 0 Å². The third kappa shape index (κ3) is 2.15. The van der Waals surface area contributed by atoms with Gasteiger partial charge in [0.25, 0.3) is 0 Å². The van der Waals surface area contributed by atoms with Crippen LogP contribution in [-0.2, 0) is 0 Å². The molecule has 58 valence electrons. The van der Waals surface area contributed by atoms with E-state index in [2.05, 4.69) is 11.8 Å². The molecule has 0 bridgehead atoms. The lowest BCUT2D eigenvalue weighted by molar-refractivity contribution is 1.39. The van der Waals surface area contributed by atoms with Crippen LogP contribution in [-0.4, -0.2) is 0 Å². The van der Waals surface area contributed by atoms with Crippen LogP contribution in [0, 0.1) is 30.1 Å². The zero-order valence-corrected chi connectivity index (χ0v) is 6.96. The molecule has 0 saturated heterocycles. The minimum Gasteiger partial charge on any atom is -0.197 e. The van der Waals surface area contributed by atoms with Crippen LogP contribution in [0.25, 0.3) is 0 Å². The van der Waals surface area contributed by atoms with E-state index in [1.165, 1.54) is 0 Å². The number of hydrogen-bond donors (Lipinski definition) is 0. The van der Waals surface area contributed by atoms with Crippen LogP contribution in [0.2, 0.25) is 0 Å². The molecule has 0 amide bonds. The molecule has 12 heavy (non-hydrogen) atoms. The Hall–Kier alpha value is -1.73. The number of hydrogen-bond acceptors (Lipinski definition) is 1. The summed E-state index contributed by atoms with van der Waals surface area (Å²) < 4.78 is 0. The Morgan fingerprint density at radius 1 is 1.33 bits per heavy atom. The van der Waals surface area contributed by atoms with Gasteiger partial charge in [0.15, 0.2) is 0 Å². The van der Waals surface area contributed by atoms with Crippen molar-refractivity contribution < 1.29 is 0 Å². The summed E-state index contributed by atoms with van der Waals surface area (Å²) in [4.78, 5) is 0. The SMILES string of the molecule is Cc1ccccc1C#CCC#N. The quantitative estimate of drug-likeness (QED) is 0.527. The third-order valence-electron chi connectivity index (χ3n) is 1.54. The van der Waals surface area contributed by atoms with E-state index in [0.29, 0.717) is 6.42 Å². The second kappa shape index (κ2) is 4.21. The highest BCUT2D eigenvalue weighted by atomic mass is 14.2. The maximum Gasteiger partial charge on any atom is 0.0966 e. The van der Waals surface area contributed by atoms with Crippen LogP contribution in [0.15, 0.2) is 24.3 Å². The Morgan fingerprint density at radius 3 is 2.75 bits per heavy atom. The van der Waals surface area contributed by atoms with Crippen LogP contribution in [0.4, 0.5) is 0 Å². The average molecular weight is 155 g/mol. The van der Waals surface area contributed by atoms with Crippen LogP contribution < -0.4 is 0 Å². The molecule has 0 aliphatic heterocycles. The van der Waals surface area contributed by atoms with Gasteiger partial charge in [-0.05, 0) is 18.6 Å². The van der Waals surface area contributed by atoms with E-state index in [1.807, 2.05) is 37.3 Å². The Morgan fingerprint density at radius 2 is 2.08 bits per heavy atom. The highest BCUT2D eigenvalue weighted by Crippen LogP contribution is 2.04. The van der Waals surface area contributed by atoms with Gasteiger partial charge in [0.05, 0.1) is 12.5 Å². The number of nitriles is 1. The molecule has 0 aliphatic carbocycles. The maximum atomic E-state index is 8.26. The van der Waals surface area contributed by atoms with Gasteiger partial charge in [-0.15, -0.1) is 0 Å². The molecule has 0 spiro atoms. The second-order valence-electron chi connectivity index (χ2n) is 2.45. The summed E-state index contributed by atoms with van der Waals surface area (Å²) in [5, 5.41) is 8.26. The third-order valence-corrected chi connectivity index (χ3v) is 1.54. The van der Waals surface area contributed by atoms with Crippen molar-refractivity contribution >= 4 is 0 Å². The molecular weight excluding hydrogens is 146 g/mol. The normalized spacial score (nSPS) is 8.00. The molecule has 0 N–H and O–H groups in total. The van der Waals surface area contributed by atoms with Crippen molar-refractivity contribution in [3.8, 4) is 17.9 Å². The maximum absolute atomic E-state index is 8.26. The minimum absolute atomic E-state index is 0.300. The summed E-state index contributed by atoms with van der Waals surface area (Å²) in [6.07, 6.45) is 0.300. The van der Waals surface area contributed by atoms with Gasteiger partial charge in [-0.1, -0.05) is 30.0 Å². The molecule has 1 nitrogen and oxygen atoms in total. The molecule has 1 heteroatoms. The van der Waals surface area contributed by atoms with Crippen LogP contribution in [0.1, 0.15) is 17.5 Å². The lowest BCUT2D eigenvalue weighted by Gasteiger charge is -1.93. The van der Waals surface area contributed by atoms with Gasteiger partial charge in [-0.2, -0.15) is 5.26 Å². The molecule has 1 aromatic rings. The highest BCUT2D eigenvalue weighted by Gasteiger charge is 1.88. The molecule has 0 fully saturated rings. The number of benzene rings is 1. The highest BCUT2D eigenvalue weighted by molar-refractivity contribution is 5.40. The van der Waals surface area contributed by atoms with E-state index in [-0.39, 0.29) is 0 Å². The molecule has 0 saturated carbocycles. The molecule has 0 heterocycles. The lowest BCUT2D eigenvalue weighted by Crippen LogP contribution is -1.78. The first-order valence-corrected chi connectivity index (χ1v) is 3.76. The zero-order chi connectivity index (χ0) is 8.81. The molecule has 0 aliphatic rings. The summed E-state index contributed by atoms with van der Waals surface area (Å²) in [5.74, 6) is 5.72. The second-order valence-corrected chi connectivity index (χ2v) is 2.45. The molecule has 1 rings (SSSR count). The average Bonchev–Trinajstić information content (AvgIpc) is 2.09. The van der Waals surface area contributed by atoms with Gasteiger partial charge in [0, 0.05) is 5.56 Å². The molecular formula is C11H9N. The lowest BCUT2D eigenvalue weighted by atomic mass is 10.1. The fourth-order valence-electron chi connectivity index (χ4n) is 0.892. The summed E-state index contributed by atoms with van der Waals surface area (Å²) in [6, 6.07) is 9.88. The Kier molecular flexibility index (Phi) is 2.94. The molecule has 0 atom stereocenters. The summed E-state index contributed by atoms with van der Waals surface area (Å²) in [6.45, 7) is 2.01. The van der Waals surface area contributed by atoms with Crippen molar-refractivity contribution in [3.05, 3.63) is 35.4 Å². The van der Waals surface area contributed by atoms with E-state index in [0.717, 1.165) is 11.1 Å². The molecule has 0 radical (unpaired) electrons. The smallest absolute Gasteiger partial charge is 0.0966 e. The van der Waals surface area contributed by atoms with E-state index in [1.54, 1.807) is 0 Å². The van der Waals surface area contributed by atoms with Crippen molar-refractivity contribution in [1.29, 1.82) is 5.26 Å². The zero-order valence-electron chi connectivity index (χ0n) is 6.96. The van der Waals surface area contributed by atoms with E-state index < -0.39 is 0 Å². The minimum atomic E-state index is 0.300. The van der Waals surface area contributed by atoms with Crippen LogP contribution in [0.3, 0.4) is 0 Å². The largest absolute Gasteiger partial charge is 0.197 e. The van der Waals surface area contributed by atoms with Gasteiger partial charge >= 0.3 is 0 Å². The summed E-state index contributed by atoms with van der Waals surface area (Å²) in [5.41, 5.74) is 2.16. The Labute approximate surface area is 72.6 Å². The van der Waals surface area contributed by atoms with Crippen LogP contribution >= 0.6 is 0 Å². The van der Waals surface area contributed by atoms with E-state index in [9.17, 15) is 0 Å². The van der Waals surface area contributed by atoms with Gasteiger partial charge in [-0.3, -0.25) is 0 Å². The number of aryl methyl sites for hydroxylation is 1. The number of nitrogens with zero attached hydrogens (tertiary/aromatic N) is 1. The first-order chi connectivity index (χ1) is 5.84. The van der Waals surface area contributed by atoms with Gasteiger partial charge in [0.2, 0.25) is 0 Å². The topological polar surface area (TPSA) is 23.8 Å². The molecule has 0 unspecified atom stereocenters. The number of rotatable bonds is 0. The first kappa shape index (κ1) is 8.37.